The van der Waals surface area contributed by atoms with E-state index in [0.29, 0.717) is 0 Å². The van der Waals surface area contributed by atoms with E-state index in [4.69, 9.17) is 4.74 Å². The highest BCUT2D eigenvalue weighted by atomic mass is 19.1. The summed E-state index contributed by atoms with van der Waals surface area (Å²) in [5.74, 6) is -2.33. The predicted octanol–water partition coefficient (Wildman–Crippen LogP) is 4.84. The molecule has 2 aromatic carbocycles. The lowest BCUT2D eigenvalue weighted by Gasteiger charge is -2.33. The highest BCUT2D eigenvalue weighted by Crippen LogP contribution is 2.32. The van der Waals surface area contributed by atoms with E-state index in [1.165, 1.54) is 48.5 Å². The number of hydrogen-bond acceptors (Lipinski definition) is 5. The molecule has 7 nitrogen and oxygen atoms in total. The summed E-state index contributed by atoms with van der Waals surface area (Å²) in [7, 11) is 1.26. The van der Waals surface area contributed by atoms with Crippen LogP contribution in [0.25, 0.3) is 0 Å². The van der Waals surface area contributed by atoms with Gasteiger partial charge in [0.2, 0.25) is 5.91 Å². The predicted molar refractivity (Wildman–Crippen MR) is 133 cm³/mol. The van der Waals surface area contributed by atoms with Gasteiger partial charge in [0.25, 0.3) is 5.91 Å². The molecule has 1 heterocycles. The number of aromatic nitrogens is 1. The van der Waals surface area contributed by atoms with Gasteiger partial charge in [-0.15, -0.1) is 0 Å². The normalized spacial score (nSPS) is 14.5. The summed E-state index contributed by atoms with van der Waals surface area (Å²) >= 11 is 0. The van der Waals surface area contributed by atoms with Crippen LogP contribution >= 0.6 is 0 Å². The Balaban J connectivity index is 1.85. The van der Waals surface area contributed by atoms with Crippen LogP contribution in [0.1, 0.15) is 64.6 Å². The Bertz CT molecular complexity index is 1230. The van der Waals surface area contributed by atoms with Crippen LogP contribution in [0, 0.1) is 5.82 Å². The van der Waals surface area contributed by atoms with Gasteiger partial charge in [-0.05, 0) is 49.2 Å². The van der Waals surface area contributed by atoms with Gasteiger partial charge in [0.05, 0.1) is 12.7 Å². The molecular weight excluding hydrogens is 461 g/mol. The lowest BCUT2D eigenvalue weighted by atomic mass is 9.94. The molecule has 2 amide bonds. The first-order valence-electron chi connectivity index (χ1n) is 12.0. The number of nitrogens with one attached hydrogen (secondary N) is 1. The van der Waals surface area contributed by atoms with E-state index in [0.717, 1.165) is 32.1 Å². The number of pyridine rings is 1. The third-order valence-electron chi connectivity index (χ3n) is 6.31. The third kappa shape index (κ3) is 5.59. The molecule has 1 aliphatic rings. The van der Waals surface area contributed by atoms with E-state index in [2.05, 4.69) is 10.3 Å². The first-order chi connectivity index (χ1) is 17.5. The first-order valence-corrected chi connectivity index (χ1v) is 12.0. The fourth-order valence-corrected chi connectivity index (χ4v) is 4.52. The smallest absolute Gasteiger partial charge is 0.337 e. The molecule has 1 N–H and O–H groups in total. The van der Waals surface area contributed by atoms with Gasteiger partial charge in [-0.2, -0.15) is 0 Å². The minimum atomic E-state index is -1.34. The summed E-state index contributed by atoms with van der Waals surface area (Å²) in [5.41, 5.74) is 0.542. The van der Waals surface area contributed by atoms with Crippen molar-refractivity contribution in [3.8, 4) is 0 Å². The van der Waals surface area contributed by atoms with Crippen LogP contribution in [0.5, 0.6) is 0 Å². The standard InChI is InChI=1S/C28H28FN3O4/c1-36-28(35)19-10-9-13-21(18-19)32(27(34)24-16-7-8-17-30-24)25(22-14-5-6-15-23(22)29)26(33)31-20-11-3-2-4-12-20/h5-10,13-18,20,25H,2-4,11-12H2,1H3,(H,31,33). The van der Waals surface area contributed by atoms with Gasteiger partial charge < -0.3 is 10.1 Å². The largest absolute Gasteiger partial charge is 0.465 e. The van der Waals surface area contributed by atoms with Crippen LogP contribution in [0.2, 0.25) is 0 Å². The van der Waals surface area contributed by atoms with Crippen LogP contribution < -0.4 is 10.2 Å². The number of benzene rings is 2. The number of esters is 1. The van der Waals surface area contributed by atoms with Gasteiger partial charge in [-0.3, -0.25) is 19.5 Å². The number of carbonyl (C=O) groups is 3. The molecule has 0 saturated heterocycles. The van der Waals surface area contributed by atoms with E-state index in [1.54, 1.807) is 36.4 Å². The van der Waals surface area contributed by atoms with Crippen molar-refractivity contribution >= 4 is 23.5 Å². The Morgan fingerprint density at radius 1 is 1.00 bits per heavy atom. The summed E-state index contributed by atoms with van der Waals surface area (Å²) in [4.78, 5) is 45.3. The monoisotopic (exact) mass is 489 g/mol. The number of rotatable bonds is 7. The Hall–Kier alpha value is -4.07. The van der Waals surface area contributed by atoms with Gasteiger partial charge in [-0.1, -0.05) is 49.6 Å². The first kappa shape index (κ1) is 25.0. The molecule has 0 spiro atoms. The van der Waals surface area contributed by atoms with Crippen molar-refractivity contribution in [2.45, 2.75) is 44.2 Å². The molecule has 186 valence electrons. The average Bonchev–Trinajstić information content (AvgIpc) is 2.92. The molecule has 4 rings (SSSR count). The van der Waals surface area contributed by atoms with Crippen LogP contribution in [0.3, 0.4) is 0 Å². The molecular formula is C28H28FN3O4. The molecule has 36 heavy (non-hydrogen) atoms. The molecule has 0 aliphatic heterocycles. The molecule has 1 aliphatic carbocycles. The topological polar surface area (TPSA) is 88.6 Å². The van der Waals surface area contributed by atoms with Crippen molar-refractivity contribution in [2.75, 3.05) is 12.0 Å². The zero-order valence-electron chi connectivity index (χ0n) is 20.0. The zero-order chi connectivity index (χ0) is 25.5. The van der Waals surface area contributed by atoms with Crippen molar-refractivity contribution < 1.29 is 23.5 Å². The number of amides is 2. The van der Waals surface area contributed by atoms with Gasteiger partial charge in [0.15, 0.2) is 0 Å². The SMILES string of the molecule is COC(=O)c1cccc(N(C(=O)c2ccccn2)C(C(=O)NC2CCCCC2)c2ccccc2F)c1. The Morgan fingerprint density at radius 2 is 1.75 bits per heavy atom. The van der Waals surface area contributed by atoms with E-state index in [9.17, 15) is 14.4 Å². The molecule has 1 fully saturated rings. The second-order valence-electron chi connectivity index (χ2n) is 8.70. The number of hydrogen-bond donors (Lipinski definition) is 1. The van der Waals surface area contributed by atoms with Crippen LogP contribution in [-0.2, 0) is 9.53 Å². The Morgan fingerprint density at radius 3 is 2.44 bits per heavy atom. The molecule has 1 aromatic heterocycles. The molecule has 1 unspecified atom stereocenters. The van der Waals surface area contributed by atoms with Gasteiger partial charge in [0, 0.05) is 23.5 Å². The van der Waals surface area contributed by atoms with Crippen LogP contribution in [-0.4, -0.2) is 35.9 Å². The van der Waals surface area contributed by atoms with E-state index in [1.807, 2.05) is 0 Å². The van der Waals surface area contributed by atoms with Crippen molar-refractivity contribution in [1.82, 2.24) is 10.3 Å². The van der Waals surface area contributed by atoms with Gasteiger partial charge in [-0.25, -0.2) is 9.18 Å². The summed E-state index contributed by atoms with van der Waals surface area (Å²) in [6.07, 6.45) is 6.20. The summed E-state index contributed by atoms with van der Waals surface area (Å²) in [6, 6.07) is 15.5. The second kappa shape index (κ2) is 11.6. The Kier molecular flexibility index (Phi) is 8.05. The third-order valence-corrected chi connectivity index (χ3v) is 6.31. The fourth-order valence-electron chi connectivity index (χ4n) is 4.52. The molecule has 3 aromatic rings. The zero-order valence-corrected chi connectivity index (χ0v) is 20.0. The number of methoxy groups -OCH3 is 1. The quantitative estimate of drug-likeness (QED) is 0.480. The molecule has 0 bridgehead atoms. The summed E-state index contributed by atoms with van der Waals surface area (Å²) < 4.78 is 20.0. The van der Waals surface area contributed by atoms with Crippen molar-refractivity contribution in [3.63, 3.8) is 0 Å². The van der Waals surface area contributed by atoms with Crippen LogP contribution in [0.4, 0.5) is 10.1 Å². The molecule has 0 radical (unpaired) electrons. The lowest BCUT2D eigenvalue weighted by Crippen LogP contribution is -2.47. The number of halogens is 1. The number of nitrogens with zero attached hydrogens (tertiary/aromatic N) is 2. The number of anilines is 1. The van der Waals surface area contributed by atoms with Crippen molar-refractivity contribution in [1.29, 1.82) is 0 Å². The number of ether oxygens (including phenoxy) is 1. The van der Waals surface area contributed by atoms with Crippen LogP contribution in [0.15, 0.2) is 72.9 Å². The van der Waals surface area contributed by atoms with E-state index in [-0.39, 0.29) is 28.6 Å². The molecule has 8 heteroatoms. The maximum absolute atomic E-state index is 15.2. The molecule has 1 atom stereocenters. The lowest BCUT2D eigenvalue weighted by molar-refractivity contribution is -0.123. The van der Waals surface area contributed by atoms with Gasteiger partial charge >= 0.3 is 5.97 Å². The van der Waals surface area contributed by atoms with Crippen molar-refractivity contribution in [2.24, 2.45) is 0 Å². The maximum Gasteiger partial charge on any atom is 0.337 e. The molecule has 1 saturated carbocycles. The fraction of sp³-hybridized carbons (Fsp3) is 0.286. The van der Waals surface area contributed by atoms with E-state index < -0.39 is 29.6 Å². The maximum atomic E-state index is 15.2. The Labute approximate surface area is 209 Å². The highest BCUT2D eigenvalue weighted by Gasteiger charge is 2.36. The summed E-state index contributed by atoms with van der Waals surface area (Å²) in [6.45, 7) is 0. The summed E-state index contributed by atoms with van der Waals surface area (Å²) in [5, 5.41) is 3.04. The second-order valence-corrected chi connectivity index (χ2v) is 8.70. The van der Waals surface area contributed by atoms with E-state index >= 15 is 4.39 Å². The highest BCUT2D eigenvalue weighted by molar-refractivity contribution is 6.09. The minimum absolute atomic E-state index is 0.0403. The van der Waals surface area contributed by atoms with Crippen molar-refractivity contribution in [3.05, 3.63) is 95.6 Å². The average molecular weight is 490 g/mol. The minimum Gasteiger partial charge on any atom is -0.465 e. The number of carbonyl (C=O) groups excluding carboxylic acids is 3. The van der Waals surface area contributed by atoms with Gasteiger partial charge in [0.1, 0.15) is 17.6 Å².